The number of likely N-dealkylation sites (tertiary alicyclic amines) is 2. The van der Waals surface area contributed by atoms with Crippen molar-refractivity contribution in [3.05, 3.63) is 30.1 Å². The van der Waals surface area contributed by atoms with E-state index in [1.807, 2.05) is 12.1 Å². The zero-order chi connectivity index (χ0) is 18.1. The Labute approximate surface area is 156 Å². The quantitative estimate of drug-likeness (QED) is 0.845. The van der Waals surface area contributed by atoms with Gasteiger partial charge in [0.2, 0.25) is 5.91 Å². The molecule has 140 valence electrons. The van der Waals surface area contributed by atoms with Crippen molar-refractivity contribution in [1.29, 1.82) is 0 Å². The van der Waals surface area contributed by atoms with Crippen molar-refractivity contribution in [3.63, 3.8) is 0 Å². The van der Waals surface area contributed by atoms with Gasteiger partial charge in [0.25, 0.3) is 0 Å². The Morgan fingerprint density at radius 2 is 1.92 bits per heavy atom. The largest absolute Gasteiger partial charge is 0.332 e. The molecule has 1 atom stereocenters. The molecule has 26 heavy (non-hydrogen) atoms. The Kier molecular flexibility index (Phi) is 4.98. The third-order valence-corrected chi connectivity index (χ3v) is 6.31. The van der Waals surface area contributed by atoms with Gasteiger partial charge in [-0.1, -0.05) is 19.1 Å². The van der Waals surface area contributed by atoms with Crippen LogP contribution < -0.4 is 0 Å². The first-order valence-electron chi connectivity index (χ1n) is 10.1. The third kappa shape index (κ3) is 3.25. The molecule has 0 aliphatic carbocycles. The highest BCUT2D eigenvalue weighted by atomic mass is 16.2. The normalized spacial score (nSPS) is 22.4. The maximum absolute atomic E-state index is 13.1. The van der Waals surface area contributed by atoms with Crippen LogP contribution in [-0.2, 0) is 11.8 Å². The summed E-state index contributed by atoms with van der Waals surface area (Å²) in [6, 6.07) is 8.37. The molecule has 4 rings (SSSR count). The summed E-state index contributed by atoms with van der Waals surface area (Å²) in [7, 11) is 2.08. The number of amides is 1. The Morgan fingerprint density at radius 3 is 2.65 bits per heavy atom. The molecule has 5 nitrogen and oxygen atoms in total. The number of aryl methyl sites for hydroxylation is 1. The van der Waals surface area contributed by atoms with Crippen LogP contribution in [0, 0.1) is 5.92 Å². The maximum atomic E-state index is 13.1. The van der Waals surface area contributed by atoms with E-state index < -0.39 is 0 Å². The molecule has 2 aliphatic heterocycles. The fourth-order valence-corrected chi connectivity index (χ4v) is 4.67. The molecule has 2 saturated heterocycles. The molecule has 2 aromatic rings. The summed E-state index contributed by atoms with van der Waals surface area (Å²) in [4.78, 5) is 22.5. The SMILES string of the molecule is CCN1CCC(CC(=O)N2CCC[C@@H]2c2nc3ccccc3n2C)CC1. The fraction of sp³-hybridized carbons (Fsp3) is 0.619. The molecule has 0 saturated carbocycles. The van der Waals surface area contributed by atoms with Crippen molar-refractivity contribution >= 4 is 16.9 Å². The fourth-order valence-electron chi connectivity index (χ4n) is 4.67. The number of nitrogens with zero attached hydrogens (tertiary/aromatic N) is 4. The van der Waals surface area contributed by atoms with Gasteiger partial charge < -0.3 is 14.4 Å². The van der Waals surface area contributed by atoms with E-state index in [0.29, 0.717) is 18.2 Å². The van der Waals surface area contributed by atoms with E-state index in [0.717, 1.165) is 68.7 Å². The van der Waals surface area contributed by atoms with Gasteiger partial charge in [-0.3, -0.25) is 4.79 Å². The molecule has 1 aromatic carbocycles. The van der Waals surface area contributed by atoms with Gasteiger partial charge in [0.05, 0.1) is 17.1 Å². The van der Waals surface area contributed by atoms with Gasteiger partial charge >= 0.3 is 0 Å². The first kappa shape index (κ1) is 17.5. The summed E-state index contributed by atoms with van der Waals surface area (Å²) in [5, 5.41) is 0. The van der Waals surface area contributed by atoms with Gasteiger partial charge in [-0.15, -0.1) is 0 Å². The zero-order valence-corrected chi connectivity index (χ0v) is 16.0. The zero-order valence-electron chi connectivity index (χ0n) is 16.0. The highest BCUT2D eigenvalue weighted by Gasteiger charge is 2.34. The number of imidazole rings is 1. The minimum atomic E-state index is 0.135. The number of fused-ring (bicyclic) bond motifs is 1. The van der Waals surface area contributed by atoms with Crippen LogP contribution in [0.3, 0.4) is 0 Å². The van der Waals surface area contributed by atoms with Crippen LogP contribution in [0.1, 0.15) is 50.9 Å². The molecule has 0 radical (unpaired) electrons. The van der Waals surface area contributed by atoms with E-state index in [9.17, 15) is 4.79 Å². The molecule has 0 spiro atoms. The van der Waals surface area contributed by atoms with Crippen molar-refractivity contribution in [2.45, 2.75) is 45.1 Å². The van der Waals surface area contributed by atoms with Gasteiger partial charge in [-0.2, -0.15) is 0 Å². The lowest BCUT2D eigenvalue weighted by Gasteiger charge is -2.32. The van der Waals surface area contributed by atoms with Crippen molar-refractivity contribution in [1.82, 2.24) is 19.4 Å². The van der Waals surface area contributed by atoms with Crippen molar-refractivity contribution in [2.75, 3.05) is 26.2 Å². The van der Waals surface area contributed by atoms with Crippen LogP contribution in [0.15, 0.2) is 24.3 Å². The van der Waals surface area contributed by atoms with Gasteiger partial charge in [0, 0.05) is 20.0 Å². The molecule has 2 aliphatic rings. The van der Waals surface area contributed by atoms with Crippen LogP contribution in [0.5, 0.6) is 0 Å². The molecule has 0 N–H and O–H groups in total. The van der Waals surface area contributed by atoms with Crippen molar-refractivity contribution < 1.29 is 4.79 Å². The van der Waals surface area contributed by atoms with Crippen LogP contribution in [0.2, 0.25) is 0 Å². The van der Waals surface area contributed by atoms with Gasteiger partial charge in [-0.25, -0.2) is 4.98 Å². The summed E-state index contributed by atoms with van der Waals surface area (Å²) in [6.07, 6.45) is 5.12. The first-order valence-corrected chi connectivity index (χ1v) is 10.1. The monoisotopic (exact) mass is 354 g/mol. The van der Waals surface area contributed by atoms with Crippen molar-refractivity contribution in [2.24, 2.45) is 13.0 Å². The van der Waals surface area contributed by atoms with Crippen LogP contribution in [-0.4, -0.2) is 51.4 Å². The van der Waals surface area contributed by atoms with Crippen LogP contribution in [0.25, 0.3) is 11.0 Å². The van der Waals surface area contributed by atoms with Crippen LogP contribution >= 0.6 is 0 Å². The predicted octanol–water partition coefficient (Wildman–Crippen LogP) is 3.36. The lowest BCUT2D eigenvalue weighted by Crippen LogP contribution is -2.37. The Hall–Kier alpha value is -1.88. The topological polar surface area (TPSA) is 41.4 Å². The number of carbonyl (C=O) groups excluding carboxylic acids is 1. The molecular weight excluding hydrogens is 324 g/mol. The average Bonchev–Trinajstić information content (AvgIpc) is 3.27. The second-order valence-corrected chi connectivity index (χ2v) is 7.84. The highest BCUT2D eigenvalue weighted by molar-refractivity contribution is 5.78. The smallest absolute Gasteiger partial charge is 0.223 e. The minimum Gasteiger partial charge on any atom is -0.332 e. The summed E-state index contributed by atoms with van der Waals surface area (Å²) in [6.45, 7) is 6.50. The summed E-state index contributed by atoms with van der Waals surface area (Å²) in [5.74, 6) is 1.92. The molecule has 3 heterocycles. The molecule has 0 bridgehead atoms. The van der Waals surface area contributed by atoms with E-state index in [2.05, 4.69) is 40.5 Å². The average molecular weight is 354 g/mol. The summed E-state index contributed by atoms with van der Waals surface area (Å²) in [5.41, 5.74) is 2.17. The number of benzene rings is 1. The van der Waals surface area contributed by atoms with Crippen LogP contribution in [0.4, 0.5) is 0 Å². The van der Waals surface area contributed by atoms with Crippen molar-refractivity contribution in [3.8, 4) is 0 Å². The van der Waals surface area contributed by atoms with Gasteiger partial charge in [-0.05, 0) is 63.4 Å². The molecule has 1 aromatic heterocycles. The molecule has 1 amide bonds. The Balaban J connectivity index is 1.47. The van der Waals surface area contributed by atoms with Gasteiger partial charge in [0.1, 0.15) is 5.82 Å². The number of aromatic nitrogens is 2. The first-order chi connectivity index (χ1) is 12.7. The molecular formula is C21H30N4O. The Bertz CT molecular complexity index is 775. The molecule has 5 heteroatoms. The summed E-state index contributed by atoms with van der Waals surface area (Å²) >= 11 is 0. The number of piperidine rings is 1. The Morgan fingerprint density at radius 1 is 1.15 bits per heavy atom. The number of hydrogen-bond donors (Lipinski definition) is 0. The second-order valence-electron chi connectivity index (χ2n) is 7.84. The lowest BCUT2D eigenvalue weighted by atomic mass is 9.93. The van der Waals surface area contributed by atoms with E-state index >= 15 is 0 Å². The third-order valence-electron chi connectivity index (χ3n) is 6.31. The van der Waals surface area contributed by atoms with Gasteiger partial charge in [0.15, 0.2) is 0 Å². The molecule has 2 fully saturated rings. The lowest BCUT2D eigenvalue weighted by molar-refractivity contribution is -0.133. The number of carbonyl (C=O) groups is 1. The highest BCUT2D eigenvalue weighted by Crippen LogP contribution is 2.34. The predicted molar refractivity (Wildman–Crippen MR) is 104 cm³/mol. The van der Waals surface area contributed by atoms with E-state index in [-0.39, 0.29) is 6.04 Å². The number of para-hydroxylation sites is 2. The van der Waals surface area contributed by atoms with E-state index in [4.69, 9.17) is 4.98 Å². The number of hydrogen-bond acceptors (Lipinski definition) is 3. The molecule has 0 unspecified atom stereocenters. The van der Waals surface area contributed by atoms with E-state index in [1.165, 1.54) is 0 Å². The standard InChI is InChI=1S/C21H30N4O/c1-3-24-13-10-16(11-14-24)15-20(26)25-12-6-9-19(25)21-22-17-7-4-5-8-18(17)23(21)2/h4-5,7-8,16,19H,3,6,9-15H2,1-2H3/t19-/m1/s1. The maximum Gasteiger partial charge on any atom is 0.223 e. The van der Waals surface area contributed by atoms with E-state index in [1.54, 1.807) is 0 Å². The second kappa shape index (κ2) is 7.39. The number of rotatable bonds is 4. The minimum absolute atomic E-state index is 0.135. The summed E-state index contributed by atoms with van der Waals surface area (Å²) < 4.78 is 2.17.